The van der Waals surface area contributed by atoms with Crippen LogP contribution in [0.15, 0.2) is 158 Å². The minimum Gasteiger partial charge on any atom is -0.489 e. The minimum atomic E-state index is 0.0290. The van der Waals surface area contributed by atoms with Crippen molar-refractivity contribution in [3.8, 4) is 11.5 Å². The van der Waals surface area contributed by atoms with Gasteiger partial charge >= 0.3 is 21.9 Å². The predicted molar refractivity (Wildman–Crippen MR) is 261 cm³/mol. The molecule has 6 aromatic carbocycles. The van der Waals surface area contributed by atoms with E-state index in [1.165, 1.54) is 22.3 Å². The molecule has 6 rings (SSSR count). The van der Waals surface area contributed by atoms with Gasteiger partial charge in [-0.1, -0.05) is 156 Å². The van der Waals surface area contributed by atoms with Crippen molar-refractivity contribution >= 4 is 32.8 Å². The molecule has 0 saturated heterocycles. The molecule has 0 spiro atoms. The first kappa shape index (κ1) is 47.4. The molecule has 0 aliphatic rings. The third-order valence-electron chi connectivity index (χ3n) is 11.0. The molecule has 0 aromatic heterocycles. The Kier molecular flexibility index (Phi) is 19.0. The zero-order valence-corrected chi connectivity index (χ0v) is 37.9. The number of ether oxygens (including phenoxy) is 2. The maximum Gasteiger partial charge on any atom is 0.330 e. The average Bonchev–Trinajstić information content (AvgIpc) is 3.30. The van der Waals surface area contributed by atoms with Gasteiger partial charge in [-0.2, -0.15) is 0 Å². The van der Waals surface area contributed by atoms with Crippen LogP contribution >= 0.6 is 0 Å². The second kappa shape index (κ2) is 25.2. The molecule has 2 atom stereocenters. The molecular weight excluding hydrogens is 779 g/mol. The van der Waals surface area contributed by atoms with Crippen LogP contribution in [0.3, 0.4) is 0 Å². The Bertz CT molecular complexity index is 2010. The van der Waals surface area contributed by atoms with E-state index in [4.69, 9.17) is 23.4 Å². The second-order valence-corrected chi connectivity index (χ2v) is 16.7. The fourth-order valence-corrected chi connectivity index (χ4v) is 7.19. The van der Waals surface area contributed by atoms with E-state index in [1.54, 1.807) is 0 Å². The van der Waals surface area contributed by atoms with Gasteiger partial charge in [0.1, 0.15) is 24.7 Å². The third kappa shape index (κ3) is 16.2. The van der Waals surface area contributed by atoms with Crippen molar-refractivity contribution in [1.29, 1.82) is 0 Å². The molecule has 2 radical (unpaired) electrons. The van der Waals surface area contributed by atoms with Gasteiger partial charge < -0.3 is 38.1 Å². The summed E-state index contributed by atoms with van der Waals surface area (Å²) in [6.07, 6.45) is 1.60. The van der Waals surface area contributed by atoms with E-state index in [1.807, 2.05) is 27.1 Å². The maximum absolute atomic E-state index is 6.45. The Morgan fingerprint density at radius 2 is 0.841 bits per heavy atom. The molecule has 8 nitrogen and oxygen atoms in total. The standard InChI is InChI=1S/C52H62B3N3O5/c1-56(2)33-34-63-55(35-41-21-29-49(30-22-41)59-37-43-17-25-47(26-18-43)53-61-39-51(57(3)4)45-13-9-7-10-14-45)36-42-23-31-50(32-24-42)60-38-44-19-27-48(28-20-44)54-62-40-52(58(5)6)46-15-11-8-12-16-46/h7-32,51-52H,33-40H2,1-6H3. The highest BCUT2D eigenvalue weighted by Gasteiger charge is 2.19. The van der Waals surface area contributed by atoms with Crippen LogP contribution in [0.2, 0.25) is 0 Å². The van der Waals surface area contributed by atoms with Crippen LogP contribution in [0.1, 0.15) is 45.5 Å². The zero-order chi connectivity index (χ0) is 44.2. The van der Waals surface area contributed by atoms with Crippen LogP contribution in [-0.2, 0) is 39.8 Å². The zero-order valence-electron chi connectivity index (χ0n) is 37.9. The lowest BCUT2D eigenvalue weighted by Gasteiger charge is -2.24. The lowest BCUT2D eigenvalue weighted by Crippen LogP contribution is -2.29. The van der Waals surface area contributed by atoms with Gasteiger partial charge in [0, 0.05) is 26.4 Å². The van der Waals surface area contributed by atoms with Gasteiger partial charge in [0.2, 0.25) is 0 Å². The van der Waals surface area contributed by atoms with Gasteiger partial charge in [0.05, 0.1) is 12.1 Å². The van der Waals surface area contributed by atoms with Crippen LogP contribution in [0, 0.1) is 0 Å². The molecule has 0 aliphatic carbocycles. The predicted octanol–water partition coefficient (Wildman–Crippen LogP) is 7.41. The van der Waals surface area contributed by atoms with Crippen LogP contribution < -0.4 is 20.4 Å². The van der Waals surface area contributed by atoms with E-state index in [2.05, 4.69) is 203 Å². The van der Waals surface area contributed by atoms with Gasteiger partial charge in [0.15, 0.2) is 0 Å². The van der Waals surface area contributed by atoms with Crippen LogP contribution in [0.5, 0.6) is 11.5 Å². The van der Waals surface area contributed by atoms with Crippen molar-refractivity contribution in [3.05, 3.63) is 191 Å². The first-order valence-electron chi connectivity index (χ1n) is 21.9. The lowest BCUT2D eigenvalue weighted by atomic mass is 9.58. The summed E-state index contributed by atoms with van der Waals surface area (Å²) < 4.78 is 30.8. The highest BCUT2D eigenvalue weighted by atomic mass is 16.5. The SMILES string of the molecule is CN(C)CCOB(Cc1ccc(OCc2ccc([B]OCC(c3ccccc3)N(C)C)cc2)cc1)Cc1ccc(OCc2ccc([B]OCC(c3ccccc3)N(C)C)cc2)cc1. The number of likely N-dealkylation sites (N-methyl/N-ethyl adjacent to an activating group) is 3. The molecule has 2 unspecified atom stereocenters. The van der Waals surface area contributed by atoms with Crippen molar-refractivity contribution < 1.29 is 23.4 Å². The first-order chi connectivity index (χ1) is 30.7. The van der Waals surface area contributed by atoms with Crippen molar-refractivity contribution in [1.82, 2.24) is 14.7 Å². The topological polar surface area (TPSA) is 55.9 Å². The fourth-order valence-electron chi connectivity index (χ4n) is 7.19. The van der Waals surface area contributed by atoms with Gasteiger partial charge in [-0.3, -0.25) is 0 Å². The highest BCUT2D eigenvalue weighted by Crippen LogP contribution is 2.21. The molecule has 0 bridgehead atoms. The van der Waals surface area contributed by atoms with Crippen LogP contribution in [-0.4, -0.2) is 105 Å². The normalized spacial score (nSPS) is 12.3. The molecule has 0 heterocycles. The number of hydrogen-bond acceptors (Lipinski definition) is 8. The quantitative estimate of drug-likeness (QED) is 0.0525. The smallest absolute Gasteiger partial charge is 0.330 e. The molecule has 11 heteroatoms. The van der Waals surface area contributed by atoms with Crippen molar-refractivity contribution in [3.63, 3.8) is 0 Å². The summed E-state index contributed by atoms with van der Waals surface area (Å²) in [5.41, 5.74) is 9.13. The molecule has 63 heavy (non-hydrogen) atoms. The summed E-state index contributed by atoms with van der Waals surface area (Å²) in [7, 11) is 16.1. The third-order valence-corrected chi connectivity index (χ3v) is 11.0. The van der Waals surface area contributed by atoms with E-state index in [0.29, 0.717) is 33.0 Å². The summed E-state index contributed by atoms with van der Waals surface area (Å²) in [4.78, 5) is 6.51. The monoisotopic (exact) mass is 841 g/mol. The summed E-state index contributed by atoms with van der Waals surface area (Å²) in [6.45, 7) is 3.69. The molecule has 6 aromatic rings. The van der Waals surface area contributed by atoms with E-state index in [9.17, 15) is 0 Å². The second-order valence-electron chi connectivity index (χ2n) is 16.7. The van der Waals surface area contributed by atoms with Crippen molar-refractivity contribution in [2.24, 2.45) is 0 Å². The van der Waals surface area contributed by atoms with Gasteiger partial charge in [-0.05, 0) is 101 Å². The van der Waals surface area contributed by atoms with Crippen LogP contribution in [0.4, 0.5) is 0 Å². The summed E-state index contributed by atoms with van der Waals surface area (Å²) in [5.74, 6) is 1.68. The highest BCUT2D eigenvalue weighted by molar-refractivity contribution is 6.50. The molecule has 0 saturated carbocycles. The number of hydrogen-bond donors (Lipinski definition) is 0. The molecule has 0 aliphatic heterocycles. The number of rotatable bonds is 26. The van der Waals surface area contributed by atoms with Crippen molar-refractivity contribution in [2.75, 3.05) is 68.7 Å². The molecular formula is C52H62B3N3O5. The largest absolute Gasteiger partial charge is 0.489 e. The summed E-state index contributed by atoms with van der Waals surface area (Å²) >= 11 is 0. The van der Waals surface area contributed by atoms with E-state index in [0.717, 1.165) is 52.7 Å². The number of nitrogens with zero attached hydrogens (tertiary/aromatic N) is 3. The molecule has 324 valence electrons. The molecule has 0 N–H and O–H groups in total. The average molecular weight is 842 g/mol. The summed E-state index contributed by atoms with van der Waals surface area (Å²) in [6, 6.07) is 54.6. The fraction of sp³-hybridized carbons (Fsp3) is 0.308. The number of benzene rings is 6. The lowest BCUT2D eigenvalue weighted by molar-refractivity contribution is 0.194. The Labute approximate surface area is 378 Å². The van der Waals surface area contributed by atoms with Gasteiger partial charge in [-0.15, -0.1) is 0 Å². The summed E-state index contributed by atoms with van der Waals surface area (Å²) in [5, 5.41) is 0. The minimum absolute atomic E-state index is 0.0290. The van der Waals surface area contributed by atoms with Crippen molar-refractivity contribution in [2.45, 2.75) is 37.9 Å². The van der Waals surface area contributed by atoms with Crippen LogP contribution in [0.25, 0.3) is 0 Å². The van der Waals surface area contributed by atoms with E-state index in [-0.39, 0.29) is 19.0 Å². The van der Waals surface area contributed by atoms with Gasteiger partial charge in [-0.25, -0.2) is 0 Å². The maximum atomic E-state index is 6.45. The van der Waals surface area contributed by atoms with E-state index < -0.39 is 0 Å². The Morgan fingerprint density at radius 1 is 0.460 bits per heavy atom. The Morgan fingerprint density at radius 3 is 1.21 bits per heavy atom. The Hall–Kier alpha value is -5.13. The van der Waals surface area contributed by atoms with E-state index >= 15 is 0 Å². The first-order valence-corrected chi connectivity index (χ1v) is 21.9. The Balaban J connectivity index is 0.930. The molecule has 0 fully saturated rings. The molecule has 0 amide bonds. The van der Waals surface area contributed by atoms with Gasteiger partial charge in [0.25, 0.3) is 0 Å².